The van der Waals surface area contributed by atoms with Crippen LogP contribution in [0.15, 0.2) is 59.8 Å². The van der Waals surface area contributed by atoms with Crippen LogP contribution in [-0.2, 0) is 17.6 Å². The first-order valence-electron chi connectivity index (χ1n) is 12.0. The summed E-state index contributed by atoms with van der Waals surface area (Å²) in [5.74, 6) is 2.06. The summed E-state index contributed by atoms with van der Waals surface area (Å²) >= 11 is -2.38. The van der Waals surface area contributed by atoms with Crippen LogP contribution in [0.4, 0.5) is 5.95 Å². The van der Waals surface area contributed by atoms with Crippen LogP contribution in [0.2, 0.25) is 0 Å². The molecule has 0 bridgehead atoms. The first-order valence-corrected chi connectivity index (χ1v) is 13.1. The first-order chi connectivity index (χ1) is 18.0. The number of carbonyl (C=O) groups excluding carboxylic acids is 1. The molecule has 2 aromatic carbocycles. The number of methoxy groups -OCH3 is 1. The number of rotatable bonds is 10. The molecule has 0 spiro atoms. The van der Waals surface area contributed by atoms with Crippen LogP contribution in [0, 0.1) is 0 Å². The van der Waals surface area contributed by atoms with Crippen molar-refractivity contribution in [1.29, 1.82) is 0 Å². The zero-order valence-electron chi connectivity index (χ0n) is 21.7. The van der Waals surface area contributed by atoms with Gasteiger partial charge in [0.25, 0.3) is 5.91 Å². The molecule has 196 valence electrons. The van der Waals surface area contributed by atoms with Crippen LogP contribution in [0.3, 0.4) is 0 Å². The molecule has 1 fully saturated rings. The van der Waals surface area contributed by atoms with Gasteiger partial charge in [0.2, 0.25) is 5.95 Å². The Bertz CT molecular complexity index is 1250. The number of aromatic nitrogens is 2. The van der Waals surface area contributed by atoms with Gasteiger partial charge in [-0.1, -0.05) is 12.1 Å². The molecule has 12 heteroatoms. The van der Waals surface area contributed by atoms with E-state index in [-0.39, 0.29) is 53.0 Å². The van der Waals surface area contributed by atoms with E-state index in [2.05, 4.69) is 15.3 Å². The summed E-state index contributed by atoms with van der Waals surface area (Å²) < 4.78 is 39.7. The number of piperidine rings is 1. The van der Waals surface area contributed by atoms with Crippen LogP contribution >= 0.6 is 0 Å². The average Bonchev–Trinajstić information content (AvgIpc) is 2.93. The van der Waals surface area contributed by atoms with Crippen molar-refractivity contribution in [3.05, 3.63) is 66.0 Å². The number of para-hydroxylation sites is 2. The molecule has 1 saturated heterocycles. The summed E-state index contributed by atoms with van der Waals surface area (Å²) in [6.45, 7) is 3.99. The number of hydrogen-bond donors (Lipinski definition) is 1. The zero-order chi connectivity index (χ0) is 26.2. The van der Waals surface area contributed by atoms with Gasteiger partial charge in [0, 0.05) is 35.9 Å². The molecule has 3 aromatic rings. The fourth-order valence-electron chi connectivity index (χ4n) is 4.09. The second-order valence-electron chi connectivity index (χ2n) is 8.37. The molecule has 10 nitrogen and oxygen atoms in total. The predicted octanol–water partition coefficient (Wildman–Crippen LogP) is 0.104. The maximum Gasteiger partial charge on any atom is 1.00 e. The van der Waals surface area contributed by atoms with Crippen LogP contribution < -0.4 is 54.0 Å². The molecular formula is C26H29N4NaO6S. The van der Waals surface area contributed by atoms with Gasteiger partial charge in [-0.15, -0.1) is 0 Å². The SMILES string of the molecule is CCOc1ccccc1OC1CCCN(c2ncc(C(=O)NCc3cc(S(=O)[O-])ccc3OC)cn2)C1.[Na+]. The molecule has 2 atom stereocenters. The predicted molar refractivity (Wildman–Crippen MR) is 137 cm³/mol. The molecule has 1 N–H and O–H groups in total. The number of hydrogen-bond acceptors (Lipinski definition) is 9. The Hall–Kier alpha value is -2.70. The van der Waals surface area contributed by atoms with E-state index < -0.39 is 11.1 Å². The molecule has 2 unspecified atom stereocenters. The summed E-state index contributed by atoms with van der Waals surface area (Å²) in [4.78, 5) is 23.6. The van der Waals surface area contributed by atoms with Gasteiger partial charge in [-0.05, 0) is 61.2 Å². The normalized spacial score (nSPS) is 15.7. The Morgan fingerprint density at radius 1 is 1.16 bits per heavy atom. The number of carbonyl (C=O) groups is 1. The largest absolute Gasteiger partial charge is 1.00 e. The number of amides is 1. The summed E-state index contributed by atoms with van der Waals surface area (Å²) in [5, 5.41) is 2.76. The molecular weight excluding hydrogens is 519 g/mol. The van der Waals surface area contributed by atoms with Crippen molar-refractivity contribution in [3.8, 4) is 17.2 Å². The van der Waals surface area contributed by atoms with E-state index in [4.69, 9.17) is 14.2 Å². The van der Waals surface area contributed by atoms with Gasteiger partial charge in [-0.2, -0.15) is 0 Å². The van der Waals surface area contributed by atoms with Crippen molar-refractivity contribution in [3.63, 3.8) is 0 Å². The van der Waals surface area contributed by atoms with E-state index in [0.29, 0.717) is 41.7 Å². The van der Waals surface area contributed by atoms with E-state index in [9.17, 15) is 13.6 Å². The Balaban J connectivity index is 0.00000400. The number of nitrogens with one attached hydrogen (secondary N) is 1. The molecule has 38 heavy (non-hydrogen) atoms. The Kier molecular flexibility index (Phi) is 11.4. The molecule has 1 aliphatic rings. The van der Waals surface area contributed by atoms with Gasteiger partial charge in [-0.25, -0.2) is 9.97 Å². The average molecular weight is 549 g/mol. The standard InChI is InChI=1S/C26H30N4O6S.Na/c1-3-35-23-8-4-5-9-24(23)36-20-7-6-12-30(17-20)26-28-15-19(16-29-26)25(31)27-14-18-13-21(37(32)33)10-11-22(18)34-2;/h4-5,8-11,13,15-16,20H,3,6-7,12,14,17H2,1-2H3,(H,27,31)(H,32,33);/q;+1/p-1. The maximum atomic E-state index is 12.7. The van der Waals surface area contributed by atoms with Crippen molar-refractivity contribution in [1.82, 2.24) is 15.3 Å². The van der Waals surface area contributed by atoms with Gasteiger partial charge in [-0.3, -0.25) is 9.00 Å². The molecule has 4 rings (SSSR count). The van der Waals surface area contributed by atoms with Crippen molar-refractivity contribution in [2.45, 2.75) is 37.3 Å². The number of benzene rings is 2. The third kappa shape index (κ3) is 7.67. The minimum absolute atomic E-state index is 0. The third-order valence-corrected chi connectivity index (χ3v) is 6.53. The van der Waals surface area contributed by atoms with E-state index in [1.807, 2.05) is 36.1 Å². The van der Waals surface area contributed by atoms with Gasteiger partial charge in [0.1, 0.15) is 11.9 Å². The van der Waals surface area contributed by atoms with Crippen molar-refractivity contribution in [2.75, 3.05) is 31.7 Å². The number of ether oxygens (including phenoxy) is 3. The van der Waals surface area contributed by atoms with E-state index in [0.717, 1.165) is 25.1 Å². The van der Waals surface area contributed by atoms with E-state index in [1.165, 1.54) is 31.6 Å². The second-order valence-corrected chi connectivity index (χ2v) is 9.31. The van der Waals surface area contributed by atoms with Gasteiger partial charge >= 0.3 is 29.6 Å². The maximum absolute atomic E-state index is 12.7. The van der Waals surface area contributed by atoms with Crippen LogP contribution in [0.5, 0.6) is 17.2 Å². The van der Waals surface area contributed by atoms with Gasteiger partial charge in [0.05, 0.1) is 25.8 Å². The third-order valence-electron chi connectivity index (χ3n) is 5.89. The number of anilines is 1. The molecule has 0 saturated carbocycles. The van der Waals surface area contributed by atoms with E-state index >= 15 is 0 Å². The zero-order valence-corrected chi connectivity index (χ0v) is 24.5. The summed E-state index contributed by atoms with van der Waals surface area (Å²) in [6.07, 6.45) is 4.74. The first kappa shape index (κ1) is 29.9. The minimum Gasteiger partial charge on any atom is -0.768 e. The molecule has 0 radical (unpaired) electrons. The Morgan fingerprint density at radius 2 is 1.89 bits per heavy atom. The summed E-state index contributed by atoms with van der Waals surface area (Å²) in [6, 6.07) is 12.1. The Labute approximate surface area is 246 Å². The van der Waals surface area contributed by atoms with Crippen molar-refractivity contribution >= 4 is 22.9 Å². The Morgan fingerprint density at radius 3 is 2.58 bits per heavy atom. The molecule has 1 aromatic heterocycles. The summed E-state index contributed by atoms with van der Waals surface area (Å²) in [5.41, 5.74) is 0.835. The van der Waals surface area contributed by atoms with Crippen LogP contribution in [-0.4, -0.2) is 57.5 Å². The summed E-state index contributed by atoms with van der Waals surface area (Å²) in [7, 11) is 1.48. The molecule has 2 heterocycles. The smallest absolute Gasteiger partial charge is 0.768 e. The van der Waals surface area contributed by atoms with Crippen molar-refractivity contribution < 1.29 is 57.3 Å². The second kappa shape index (κ2) is 14.5. The van der Waals surface area contributed by atoms with Crippen molar-refractivity contribution in [2.24, 2.45) is 0 Å². The monoisotopic (exact) mass is 548 g/mol. The molecule has 0 aliphatic carbocycles. The minimum atomic E-state index is -2.38. The van der Waals surface area contributed by atoms with Crippen LogP contribution in [0.1, 0.15) is 35.7 Å². The van der Waals surface area contributed by atoms with E-state index in [1.54, 1.807) is 6.07 Å². The van der Waals surface area contributed by atoms with Gasteiger partial charge < -0.3 is 29.0 Å². The van der Waals surface area contributed by atoms with Crippen LogP contribution in [0.25, 0.3) is 0 Å². The quantitative estimate of drug-likeness (QED) is 0.277. The topological polar surface area (TPSA) is 126 Å². The fraction of sp³-hybridized carbons (Fsp3) is 0.346. The van der Waals surface area contributed by atoms with Gasteiger partial charge in [0.15, 0.2) is 11.5 Å². The number of nitrogens with zero attached hydrogens (tertiary/aromatic N) is 3. The molecule has 1 aliphatic heterocycles. The molecule has 1 amide bonds. The fourth-order valence-corrected chi connectivity index (χ4v) is 4.51.